The minimum absolute atomic E-state index is 0.0234. The lowest BCUT2D eigenvalue weighted by Gasteiger charge is -2.30. The first kappa shape index (κ1) is 21.6. The molecule has 0 radical (unpaired) electrons. The molecule has 4 rings (SSSR count). The number of hydrogen-bond donors (Lipinski definition) is 1. The molecule has 1 aromatic carbocycles. The first-order valence-electron chi connectivity index (χ1n) is 10.1. The molecule has 0 atom stereocenters. The van der Waals surface area contributed by atoms with E-state index in [4.69, 9.17) is 4.74 Å². The second kappa shape index (κ2) is 9.25. The van der Waals surface area contributed by atoms with Crippen molar-refractivity contribution < 1.29 is 22.3 Å². The van der Waals surface area contributed by atoms with Gasteiger partial charge in [0.1, 0.15) is 10.7 Å². The van der Waals surface area contributed by atoms with Crippen molar-refractivity contribution in [2.24, 2.45) is 0 Å². The van der Waals surface area contributed by atoms with Gasteiger partial charge in [0, 0.05) is 38.8 Å². The summed E-state index contributed by atoms with van der Waals surface area (Å²) >= 11 is 0. The van der Waals surface area contributed by atoms with Crippen LogP contribution < -0.4 is 9.62 Å². The third-order valence-electron chi connectivity index (χ3n) is 5.34. The number of hydrogen-bond acceptors (Lipinski definition) is 7. The number of benzene rings is 1. The van der Waals surface area contributed by atoms with Crippen LogP contribution in [0.25, 0.3) is 0 Å². The fourth-order valence-corrected chi connectivity index (χ4v) is 4.72. The van der Waals surface area contributed by atoms with Crippen LogP contribution in [0.1, 0.15) is 17.7 Å². The number of fused-ring (bicyclic) bond motifs is 1. The number of carbonyl (C=O) groups excluding carboxylic acids is 1. The van der Waals surface area contributed by atoms with Crippen LogP contribution in [0, 0.1) is 5.82 Å². The normalized spacial score (nSPS) is 16.8. The number of carbonyl (C=O) groups is 1. The topological polar surface area (TPSA) is 105 Å². The van der Waals surface area contributed by atoms with Crippen molar-refractivity contribution in [1.29, 1.82) is 0 Å². The standard InChI is InChI=1S/C20H24FN5O4S/c21-16-3-1-2-4-18(16)31(28,29)23-7-5-19(27)26-8-6-15-13-22-20(24-17(15)14-26)25-9-11-30-12-10-25/h1-4,13,23H,5-12,14H2. The van der Waals surface area contributed by atoms with E-state index in [1.807, 2.05) is 6.20 Å². The van der Waals surface area contributed by atoms with Gasteiger partial charge in [0.2, 0.25) is 21.9 Å². The van der Waals surface area contributed by atoms with Crippen LogP contribution in [0.15, 0.2) is 35.4 Å². The van der Waals surface area contributed by atoms with E-state index < -0.39 is 20.7 Å². The molecule has 0 unspecified atom stereocenters. The predicted molar refractivity (Wildman–Crippen MR) is 110 cm³/mol. The van der Waals surface area contributed by atoms with Gasteiger partial charge in [-0.15, -0.1) is 0 Å². The molecule has 2 aliphatic heterocycles. The Bertz CT molecular complexity index is 1060. The zero-order valence-electron chi connectivity index (χ0n) is 17.0. The van der Waals surface area contributed by atoms with Gasteiger partial charge >= 0.3 is 0 Å². The van der Waals surface area contributed by atoms with Gasteiger partial charge in [-0.2, -0.15) is 0 Å². The van der Waals surface area contributed by atoms with E-state index in [0.29, 0.717) is 38.7 Å². The van der Waals surface area contributed by atoms with Gasteiger partial charge in [-0.05, 0) is 24.1 Å². The predicted octanol–water partition coefficient (Wildman–Crippen LogP) is 0.706. The highest BCUT2D eigenvalue weighted by Gasteiger charge is 2.25. The molecule has 166 valence electrons. The van der Waals surface area contributed by atoms with E-state index in [0.717, 1.165) is 30.4 Å². The van der Waals surface area contributed by atoms with Crippen LogP contribution in [0.5, 0.6) is 0 Å². The second-order valence-corrected chi connectivity index (χ2v) is 9.12. The Hall–Kier alpha value is -2.63. The summed E-state index contributed by atoms with van der Waals surface area (Å²) in [5, 5.41) is 0. The Morgan fingerprint density at radius 2 is 1.97 bits per heavy atom. The molecular weight excluding hydrogens is 425 g/mol. The van der Waals surface area contributed by atoms with Crippen LogP contribution in [-0.4, -0.2) is 68.6 Å². The Morgan fingerprint density at radius 3 is 2.74 bits per heavy atom. The molecule has 0 aliphatic carbocycles. The van der Waals surface area contributed by atoms with Crippen LogP contribution in [-0.2, 0) is 32.5 Å². The third kappa shape index (κ3) is 5.00. The van der Waals surface area contributed by atoms with E-state index in [1.165, 1.54) is 18.2 Å². The van der Waals surface area contributed by atoms with Gasteiger partial charge in [0.15, 0.2) is 0 Å². The average Bonchev–Trinajstić information content (AvgIpc) is 2.79. The van der Waals surface area contributed by atoms with Gasteiger partial charge in [-0.1, -0.05) is 12.1 Å². The van der Waals surface area contributed by atoms with Crippen LogP contribution in [0.2, 0.25) is 0 Å². The largest absolute Gasteiger partial charge is 0.378 e. The van der Waals surface area contributed by atoms with Crippen LogP contribution >= 0.6 is 0 Å². The van der Waals surface area contributed by atoms with Crippen molar-refractivity contribution in [1.82, 2.24) is 19.6 Å². The minimum Gasteiger partial charge on any atom is -0.378 e. The summed E-state index contributed by atoms with van der Waals surface area (Å²) in [6.45, 7) is 3.48. The summed E-state index contributed by atoms with van der Waals surface area (Å²) in [6, 6.07) is 5.13. The Labute approximate surface area is 180 Å². The lowest BCUT2D eigenvalue weighted by molar-refractivity contribution is -0.132. The molecule has 1 amide bonds. The monoisotopic (exact) mass is 449 g/mol. The van der Waals surface area contributed by atoms with Crippen molar-refractivity contribution in [3.8, 4) is 0 Å². The molecule has 11 heteroatoms. The molecule has 2 aromatic rings. The van der Waals surface area contributed by atoms with Crippen molar-refractivity contribution in [2.75, 3.05) is 44.3 Å². The number of rotatable bonds is 6. The maximum absolute atomic E-state index is 13.8. The molecule has 0 saturated carbocycles. The first-order chi connectivity index (χ1) is 14.9. The fraction of sp³-hybridized carbons (Fsp3) is 0.450. The number of nitrogens with one attached hydrogen (secondary N) is 1. The Kier molecular flexibility index (Phi) is 6.44. The van der Waals surface area contributed by atoms with Crippen LogP contribution in [0.4, 0.5) is 10.3 Å². The number of aromatic nitrogens is 2. The molecule has 0 bridgehead atoms. The highest BCUT2D eigenvalue weighted by Crippen LogP contribution is 2.20. The lowest BCUT2D eigenvalue weighted by Crippen LogP contribution is -2.40. The van der Waals surface area contributed by atoms with Crippen LogP contribution in [0.3, 0.4) is 0 Å². The molecule has 1 saturated heterocycles. The van der Waals surface area contributed by atoms with Crippen molar-refractivity contribution in [2.45, 2.75) is 24.3 Å². The van der Waals surface area contributed by atoms with Gasteiger partial charge in [-0.3, -0.25) is 4.79 Å². The zero-order valence-corrected chi connectivity index (χ0v) is 17.8. The van der Waals surface area contributed by atoms with Gasteiger partial charge in [0.05, 0.1) is 25.5 Å². The molecule has 31 heavy (non-hydrogen) atoms. The SMILES string of the molecule is O=C(CCNS(=O)(=O)c1ccccc1F)N1CCc2cnc(N3CCOCC3)nc2C1. The molecule has 1 aromatic heterocycles. The second-order valence-electron chi connectivity index (χ2n) is 7.38. The highest BCUT2D eigenvalue weighted by atomic mass is 32.2. The summed E-state index contributed by atoms with van der Waals surface area (Å²) in [5.74, 6) is -0.382. The number of halogens is 1. The van der Waals surface area contributed by atoms with Crippen molar-refractivity contribution in [3.05, 3.63) is 47.5 Å². The van der Waals surface area contributed by atoms with E-state index in [2.05, 4.69) is 19.6 Å². The van der Waals surface area contributed by atoms with Gasteiger partial charge in [-0.25, -0.2) is 27.5 Å². The van der Waals surface area contributed by atoms with Crippen molar-refractivity contribution in [3.63, 3.8) is 0 Å². The number of ether oxygens (including phenoxy) is 1. The van der Waals surface area contributed by atoms with Gasteiger partial charge < -0.3 is 14.5 Å². The molecule has 9 nitrogen and oxygen atoms in total. The zero-order chi connectivity index (χ0) is 21.8. The first-order valence-corrected chi connectivity index (χ1v) is 11.6. The molecular formula is C20H24FN5O4S. The highest BCUT2D eigenvalue weighted by molar-refractivity contribution is 7.89. The summed E-state index contributed by atoms with van der Waals surface area (Å²) in [7, 11) is -4.02. The van der Waals surface area contributed by atoms with Gasteiger partial charge in [0.25, 0.3) is 0 Å². The molecule has 1 N–H and O–H groups in total. The number of anilines is 1. The molecule has 0 spiro atoms. The summed E-state index contributed by atoms with van der Waals surface area (Å²) in [4.78, 5) is 25.0. The Morgan fingerprint density at radius 1 is 1.19 bits per heavy atom. The summed E-state index contributed by atoms with van der Waals surface area (Å²) in [5.41, 5.74) is 1.82. The molecule has 2 aliphatic rings. The van der Waals surface area contributed by atoms with E-state index >= 15 is 0 Å². The molecule has 3 heterocycles. The van der Waals surface area contributed by atoms with E-state index in [9.17, 15) is 17.6 Å². The van der Waals surface area contributed by atoms with Crippen molar-refractivity contribution >= 4 is 21.9 Å². The van der Waals surface area contributed by atoms with E-state index in [1.54, 1.807) is 4.90 Å². The number of morpholine rings is 1. The Balaban J connectivity index is 1.35. The van der Waals surface area contributed by atoms with E-state index in [-0.39, 0.29) is 18.9 Å². The number of nitrogens with zero attached hydrogens (tertiary/aromatic N) is 4. The fourth-order valence-electron chi connectivity index (χ4n) is 3.61. The molecule has 1 fully saturated rings. The summed E-state index contributed by atoms with van der Waals surface area (Å²) in [6.07, 6.45) is 2.44. The quantitative estimate of drug-likeness (QED) is 0.692. The average molecular weight is 450 g/mol. The summed E-state index contributed by atoms with van der Waals surface area (Å²) < 4.78 is 45.9. The maximum atomic E-state index is 13.8. The smallest absolute Gasteiger partial charge is 0.243 e. The lowest BCUT2D eigenvalue weighted by atomic mass is 10.1. The number of sulfonamides is 1. The maximum Gasteiger partial charge on any atom is 0.243 e. The number of amides is 1. The minimum atomic E-state index is -4.02. The third-order valence-corrected chi connectivity index (χ3v) is 6.83.